The van der Waals surface area contributed by atoms with Gasteiger partial charge in [-0.15, -0.1) is 0 Å². The van der Waals surface area contributed by atoms with Crippen LogP contribution >= 0.6 is 0 Å². The monoisotopic (exact) mass is 286 g/mol. The molecule has 5 nitrogen and oxygen atoms in total. The van der Waals surface area contributed by atoms with Gasteiger partial charge in [0.15, 0.2) is 0 Å². The number of rotatable bonds is 14. The minimum absolute atomic E-state index is 0.112. The van der Waals surface area contributed by atoms with Crippen LogP contribution in [0.3, 0.4) is 0 Å². The number of carboxylic acid groups (broad SMARTS) is 1. The highest BCUT2D eigenvalue weighted by Gasteiger charge is 2.16. The quantitative estimate of drug-likeness (QED) is 0.428. The van der Waals surface area contributed by atoms with Crippen LogP contribution in [0.5, 0.6) is 0 Å². The number of amides is 1. The van der Waals surface area contributed by atoms with Crippen molar-refractivity contribution in [1.82, 2.24) is 5.32 Å². The van der Waals surface area contributed by atoms with Crippen molar-refractivity contribution < 1.29 is 14.7 Å². The zero-order valence-corrected chi connectivity index (χ0v) is 12.7. The zero-order valence-electron chi connectivity index (χ0n) is 12.7. The van der Waals surface area contributed by atoms with E-state index in [4.69, 9.17) is 10.8 Å². The van der Waals surface area contributed by atoms with Gasteiger partial charge >= 0.3 is 5.97 Å². The molecule has 0 saturated carbocycles. The van der Waals surface area contributed by atoms with Crippen LogP contribution < -0.4 is 11.1 Å². The number of hydrogen-bond donors (Lipinski definition) is 3. The summed E-state index contributed by atoms with van der Waals surface area (Å²) in [6.07, 6.45) is 10.2. The summed E-state index contributed by atoms with van der Waals surface area (Å²) >= 11 is 0. The number of hydrogen-bond acceptors (Lipinski definition) is 3. The van der Waals surface area contributed by atoms with Crippen molar-refractivity contribution in [3.8, 4) is 0 Å². The molecule has 20 heavy (non-hydrogen) atoms. The van der Waals surface area contributed by atoms with E-state index in [0.717, 1.165) is 12.8 Å². The molecule has 0 aliphatic rings. The van der Waals surface area contributed by atoms with Gasteiger partial charge in [0.1, 0.15) is 6.04 Å². The standard InChI is InChI=1S/C15H30N2O3/c1-2-3-4-5-6-7-8-9-12-17-13(15(19)20)10-11-14(16)18/h13,17H,2-12H2,1H3,(H2,16,18)(H,19,20)/t13-/m0/s1. The highest BCUT2D eigenvalue weighted by Crippen LogP contribution is 2.08. The molecule has 0 bridgehead atoms. The minimum atomic E-state index is -0.911. The first-order valence-corrected chi connectivity index (χ1v) is 7.82. The van der Waals surface area contributed by atoms with Crippen LogP contribution in [0.4, 0.5) is 0 Å². The maximum Gasteiger partial charge on any atom is 0.320 e. The molecule has 0 aliphatic carbocycles. The Kier molecular flexibility index (Phi) is 12.2. The second kappa shape index (κ2) is 12.9. The Morgan fingerprint density at radius 3 is 2.10 bits per heavy atom. The summed E-state index contributed by atoms with van der Waals surface area (Å²) in [5, 5.41) is 12.0. The van der Waals surface area contributed by atoms with Gasteiger partial charge in [0.2, 0.25) is 5.91 Å². The molecule has 5 heteroatoms. The first kappa shape index (κ1) is 18.9. The van der Waals surface area contributed by atoms with E-state index in [-0.39, 0.29) is 12.8 Å². The van der Waals surface area contributed by atoms with E-state index in [9.17, 15) is 9.59 Å². The van der Waals surface area contributed by atoms with Gasteiger partial charge in [0.05, 0.1) is 0 Å². The second-order valence-corrected chi connectivity index (χ2v) is 5.32. The minimum Gasteiger partial charge on any atom is -0.480 e. The number of carboxylic acids is 1. The van der Waals surface area contributed by atoms with Crippen LogP contribution in [-0.4, -0.2) is 29.6 Å². The molecule has 0 aromatic heterocycles. The third-order valence-electron chi connectivity index (χ3n) is 3.40. The molecule has 0 radical (unpaired) electrons. The Hall–Kier alpha value is -1.10. The molecule has 0 aliphatic heterocycles. The van der Waals surface area contributed by atoms with Gasteiger partial charge in [0.25, 0.3) is 0 Å². The number of carbonyl (C=O) groups excluding carboxylic acids is 1. The summed E-state index contributed by atoms with van der Waals surface area (Å²) in [4.78, 5) is 21.6. The topological polar surface area (TPSA) is 92.4 Å². The summed E-state index contributed by atoms with van der Waals surface area (Å²) in [5.74, 6) is -1.36. The third kappa shape index (κ3) is 12.0. The molecule has 0 heterocycles. The molecule has 1 atom stereocenters. The van der Waals surface area contributed by atoms with Crippen molar-refractivity contribution in [2.75, 3.05) is 6.54 Å². The fourth-order valence-corrected chi connectivity index (χ4v) is 2.13. The van der Waals surface area contributed by atoms with Gasteiger partial charge in [0, 0.05) is 6.42 Å². The number of nitrogens with one attached hydrogen (secondary N) is 1. The number of unbranched alkanes of at least 4 members (excludes halogenated alkanes) is 7. The second-order valence-electron chi connectivity index (χ2n) is 5.32. The van der Waals surface area contributed by atoms with E-state index >= 15 is 0 Å². The summed E-state index contributed by atoms with van der Waals surface area (Å²) in [6.45, 7) is 2.90. The van der Waals surface area contributed by atoms with Crippen molar-refractivity contribution in [2.24, 2.45) is 5.73 Å². The molecule has 0 aromatic rings. The molecule has 0 fully saturated rings. The summed E-state index contributed by atoms with van der Waals surface area (Å²) in [5.41, 5.74) is 5.03. The molecular weight excluding hydrogens is 256 g/mol. The van der Waals surface area contributed by atoms with Crippen molar-refractivity contribution >= 4 is 11.9 Å². The largest absolute Gasteiger partial charge is 0.480 e. The summed E-state index contributed by atoms with van der Waals surface area (Å²) in [6, 6.07) is -0.660. The van der Waals surface area contributed by atoms with Gasteiger partial charge in [-0.3, -0.25) is 9.59 Å². The summed E-state index contributed by atoms with van der Waals surface area (Å²) < 4.78 is 0. The lowest BCUT2D eigenvalue weighted by Gasteiger charge is -2.13. The van der Waals surface area contributed by atoms with E-state index in [2.05, 4.69) is 12.2 Å². The normalized spacial score (nSPS) is 12.2. The van der Waals surface area contributed by atoms with Crippen LogP contribution in [-0.2, 0) is 9.59 Å². The first-order valence-electron chi connectivity index (χ1n) is 7.82. The van der Waals surface area contributed by atoms with E-state index < -0.39 is 17.9 Å². The van der Waals surface area contributed by atoms with E-state index in [1.807, 2.05) is 0 Å². The van der Waals surface area contributed by atoms with Gasteiger partial charge in [-0.2, -0.15) is 0 Å². The third-order valence-corrected chi connectivity index (χ3v) is 3.40. The Morgan fingerprint density at radius 1 is 1.05 bits per heavy atom. The Bertz CT molecular complexity index is 270. The molecule has 0 unspecified atom stereocenters. The number of carbonyl (C=O) groups is 2. The van der Waals surface area contributed by atoms with Crippen LogP contribution in [0.1, 0.15) is 71.1 Å². The van der Waals surface area contributed by atoms with Crippen molar-refractivity contribution in [1.29, 1.82) is 0 Å². The van der Waals surface area contributed by atoms with Crippen LogP contribution in [0.2, 0.25) is 0 Å². The van der Waals surface area contributed by atoms with Crippen molar-refractivity contribution in [2.45, 2.75) is 77.2 Å². The van der Waals surface area contributed by atoms with Crippen molar-refractivity contribution in [3.05, 3.63) is 0 Å². The predicted octanol–water partition coefficient (Wildman–Crippen LogP) is 2.44. The smallest absolute Gasteiger partial charge is 0.320 e. The Morgan fingerprint density at radius 2 is 1.60 bits per heavy atom. The highest BCUT2D eigenvalue weighted by atomic mass is 16.4. The fraction of sp³-hybridized carbons (Fsp3) is 0.867. The molecule has 0 aromatic carbocycles. The number of aliphatic carboxylic acids is 1. The molecular formula is C15H30N2O3. The molecule has 0 spiro atoms. The first-order chi connectivity index (χ1) is 9.57. The lowest BCUT2D eigenvalue weighted by atomic mass is 10.1. The van der Waals surface area contributed by atoms with Gasteiger partial charge in [-0.05, 0) is 19.4 Å². The molecule has 1 amide bonds. The lowest BCUT2D eigenvalue weighted by molar-refractivity contribution is -0.139. The molecule has 0 saturated heterocycles. The SMILES string of the molecule is CCCCCCCCCCN[C@@H](CCC(N)=O)C(=O)O. The van der Waals surface area contributed by atoms with Crippen molar-refractivity contribution in [3.63, 3.8) is 0 Å². The van der Waals surface area contributed by atoms with E-state index in [1.165, 1.54) is 38.5 Å². The van der Waals surface area contributed by atoms with Gasteiger partial charge < -0.3 is 16.2 Å². The maximum absolute atomic E-state index is 11.0. The number of primary amides is 1. The van der Waals surface area contributed by atoms with Crippen LogP contribution in [0.15, 0.2) is 0 Å². The zero-order chi connectivity index (χ0) is 15.2. The van der Waals surface area contributed by atoms with Gasteiger partial charge in [-0.1, -0.05) is 51.9 Å². The Labute approximate surface area is 122 Å². The maximum atomic E-state index is 11.0. The fourth-order valence-electron chi connectivity index (χ4n) is 2.13. The molecule has 4 N–H and O–H groups in total. The van der Waals surface area contributed by atoms with E-state index in [1.54, 1.807) is 0 Å². The predicted molar refractivity (Wildman–Crippen MR) is 80.5 cm³/mol. The highest BCUT2D eigenvalue weighted by molar-refractivity contribution is 5.77. The lowest BCUT2D eigenvalue weighted by Crippen LogP contribution is -2.38. The van der Waals surface area contributed by atoms with Crippen LogP contribution in [0.25, 0.3) is 0 Å². The van der Waals surface area contributed by atoms with E-state index in [0.29, 0.717) is 6.54 Å². The summed E-state index contributed by atoms with van der Waals surface area (Å²) in [7, 11) is 0. The average Bonchev–Trinajstić information content (AvgIpc) is 2.39. The van der Waals surface area contributed by atoms with Gasteiger partial charge in [-0.25, -0.2) is 0 Å². The average molecular weight is 286 g/mol. The molecule has 0 rings (SSSR count). The van der Waals surface area contributed by atoms with Crippen LogP contribution in [0, 0.1) is 0 Å². The molecule has 118 valence electrons. The Balaban J connectivity index is 3.49. The number of nitrogens with two attached hydrogens (primary N) is 1.